The number of hydrogen-bond acceptors (Lipinski definition) is 6. The number of halogens is 1. The Hall–Kier alpha value is -2.57. The van der Waals surface area contributed by atoms with Gasteiger partial charge in [-0.25, -0.2) is 0 Å². The van der Waals surface area contributed by atoms with Crippen LogP contribution in [0.25, 0.3) is 0 Å². The fraction of sp³-hybridized carbons (Fsp3) is 0.481. The molecule has 2 aromatic rings. The molecule has 0 saturated carbocycles. The van der Waals surface area contributed by atoms with Gasteiger partial charge in [-0.1, -0.05) is 41.9 Å². The third kappa shape index (κ3) is 8.03. The highest BCUT2D eigenvalue weighted by molar-refractivity contribution is 6.31. The number of carbonyl (C=O) groups is 2. The number of rotatable bonds is 11. The second kappa shape index (κ2) is 13.4. The molecule has 1 aliphatic rings. The predicted molar refractivity (Wildman–Crippen MR) is 135 cm³/mol. The molecular weight excluding hydrogens is 452 g/mol. The Bertz CT molecular complexity index is 957. The fourth-order valence-corrected chi connectivity index (χ4v) is 4.50. The Morgan fingerprint density at radius 1 is 0.971 bits per heavy atom. The zero-order valence-corrected chi connectivity index (χ0v) is 20.9. The summed E-state index contributed by atoms with van der Waals surface area (Å²) < 4.78 is 10.2. The van der Waals surface area contributed by atoms with Crippen LogP contribution in [0.5, 0.6) is 0 Å². The molecule has 34 heavy (non-hydrogen) atoms. The molecule has 7 heteroatoms. The first kappa shape index (κ1) is 26.0. The van der Waals surface area contributed by atoms with Crippen molar-refractivity contribution in [3.63, 3.8) is 0 Å². The van der Waals surface area contributed by atoms with Crippen molar-refractivity contribution in [3.05, 3.63) is 64.2 Å². The largest absolute Gasteiger partial charge is 0.466 e. The zero-order valence-electron chi connectivity index (χ0n) is 20.1. The van der Waals surface area contributed by atoms with E-state index in [1.165, 1.54) is 5.56 Å². The second-order valence-corrected chi connectivity index (χ2v) is 8.96. The Balaban J connectivity index is 1.60. The molecule has 0 aromatic heterocycles. The molecule has 1 fully saturated rings. The van der Waals surface area contributed by atoms with Gasteiger partial charge in [-0.2, -0.15) is 0 Å². The lowest BCUT2D eigenvalue weighted by molar-refractivity contribution is -0.143. The number of benzene rings is 2. The number of ether oxygens (including phenoxy) is 2. The lowest BCUT2D eigenvalue weighted by Crippen LogP contribution is -2.40. The van der Waals surface area contributed by atoms with Crippen molar-refractivity contribution in [1.29, 1.82) is 0 Å². The maximum absolute atomic E-state index is 12.1. The smallest absolute Gasteiger partial charge is 0.310 e. The standard InChI is InChI=1S/C27H35ClN2O4/c1-3-33-26(31)18-20-9-10-22(19-27(32)34-4-2)25(17-20)29-23-12-15-30(16-13-23)14-11-21-7-5-6-8-24(21)28/h5-10,17,23,29H,3-4,11-16,18-19H2,1-2H3. The summed E-state index contributed by atoms with van der Waals surface area (Å²) in [5, 5.41) is 4.47. The third-order valence-electron chi connectivity index (χ3n) is 6.07. The van der Waals surface area contributed by atoms with Gasteiger partial charge in [0, 0.05) is 36.4 Å². The SMILES string of the molecule is CCOC(=O)Cc1ccc(CC(=O)OCC)c(NC2CCN(CCc3ccccc3Cl)CC2)c1. The molecular formula is C27H35ClN2O4. The van der Waals surface area contributed by atoms with Gasteiger partial charge < -0.3 is 19.7 Å². The summed E-state index contributed by atoms with van der Waals surface area (Å²) in [6, 6.07) is 14.1. The summed E-state index contributed by atoms with van der Waals surface area (Å²) in [6.45, 7) is 7.30. The Kier molecular flexibility index (Phi) is 10.2. The van der Waals surface area contributed by atoms with Gasteiger partial charge >= 0.3 is 11.9 Å². The highest BCUT2D eigenvalue weighted by Gasteiger charge is 2.21. The summed E-state index contributed by atoms with van der Waals surface area (Å²) in [6.07, 6.45) is 3.36. The van der Waals surface area contributed by atoms with Crippen LogP contribution in [0.15, 0.2) is 42.5 Å². The van der Waals surface area contributed by atoms with Gasteiger partial charge in [0.15, 0.2) is 0 Å². The molecule has 6 nitrogen and oxygen atoms in total. The van der Waals surface area contributed by atoms with E-state index in [0.29, 0.717) is 19.3 Å². The molecule has 0 spiro atoms. The Labute approximate surface area is 207 Å². The number of nitrogens with one attached hydrogen (secondary N) is 1. The minimum Gasteiger partial charge on any atom is -0.466 e. The molecule has 1 N–H and O–H groups in total. The molecule has 3 rings (SSSR count). The summed E-state index contributed by atoms with van der Waals surface area (Å²) >= 11 is 6.30. The van der Waals surface area contributed by atoms with Crippen LogP contribution in [-0.4, -0.2) is 55.7 Å². The molecule has 0 atom stereocenters. The first-order chi connectivity index (χ1) is 16.5. The average molecular weight is 487 g/mol. The van der Waals surface area contributed by atoms with Crippen LogP contribution in [0.3, 0.4) is 0 Å². The Morgan fingerprint density at radius 3 is 2.32 bits per heavy atom. The molecule has 0 aliphatic carbocycles. The van der Waals surface area contributed by atoms with Crippen LogP contribution in [-0.2, 0) is 38.3 Å². The van der Waals surface area contributed by atoms with Crippen LogP contribution in [0.1, 0.15) is 43.4 Å². The summed E-state index contributed by atoms with van der Waals surface area (Å²) in [7, 11) is 0. The zero-order chi connectivity index (χ0) is 24.3. The number of anilines is 1. The van der Waals surface area contributed by atoms with Crippen molar-refractivity contribution in [3.8, 4) is 0 Å². The van der Waals surface area contributed by atoms with Crippen molar-refractivity contribution >= 4 is 29.2 Å². The molecule has 0 unspecified atom stereocenters. The lowest BCUT2D eigenvalue weighted by atomic mass is 10.0. The first-order valence-electron chi connectivity index (χ1n) is 12.1. The lowest BCUT2D eigenvalue weighted by Gasteiger charge is -2.33. The van der Waals surface area contributed by atoms with Crippen molar-refractivity contribution in [2.75, 3.05) is 38.2 Å². The second-order valence-electron chi connectivity index (χ2n) is 8.56. The van der Waals surface area contributed by atoms with E-state index in [9.17, 15) is 9.59 Å². The normalized spacial score (nSPS) is 14.6. The first-order valence-corrected chi connectivity index (χ1v) is 12.5. The summed E-state index contributed by atoms with van der Waals surface area (Å²) in [4.78, 5) is 26.5. The van der Waals surface area contributed by atoms with E-state index in [2.05, 4.69) is 16.3 Å². The van der Waals surface area contributed by atoms with E-state index in [4.69, 9.17) is 21.1 Å². The number of esters is 2. The van der Waals surface area contributed by atoms with Crippen molar-refractivity contribution in [2.45, 2.75) is 52.0 Å². The maximum Gasteiger partial charge on any atom is 0.310 e. The van der Waals surface area contributed by atoms with Gasteiger partial charge in [-0.3, -0.25) is 9.59 Å². The van der Waals surface area contributed by atoms with E-state index in [1.807, 2.05) is 36.4 Å². The fourth-order valence-electron chi connectivity index (χ4n) is 4.27. The number of likely N-dealkylation sites (tertiary alicyclic amines) is 1. The molecule has 0 amide bonds. The molecule has 1 saturated heterocycles. The number of nitrogens with zero attached hydrogens (tertiary/aromatic N) is 1. The maximum atomic E-state index is 12.1. The van der Waals surface area contributed by atoms with E-state index in [1.54, 1.807) is 13.8 Å². The molecule has 184 valence electrons. The molecule has 2 aromatic carbocycles. The van der Waals surface area contributed by atoms with Crippen molar-refractivity contribution < 1.29 is 19.1 Å². The van der Waals surface area contributed by atoms with E-state index in [-0.39, 0.29) is 24.8 Å². The van der Waals surface area contributed by atoms with Crippen molar-refractivity contribution in [2.24, 2.45) is 0 Å². The molecule has 1 heterocycles. The van der Waals surface area contributed by atoms with E-state index >= 15 is 0 Å². The number of hydrogen-bond donors (Lipinski definition) is 1. The van der Waals surface area contributed by atoms with E-state index < -0.39 is 0 Å². The highest BCUT2D eigenvalue weighted by Crippen LogP contribution is 2.24. The van der Waals surface area contributed by atoms with Gasteiger partial charge in [-0.15, -0.1) is 0 Å². The van der Waals surface area contributed by atoms with Gasteiger partial charge in [0.1, 0.15) is 0 Å². The number of carbonyl (C=O) groups excluding carboxylic acids is 2. The van der Waals surface area contributed by atoms with Gasteiger partial charge in [0.05, 0.1) is 26.1 Å². The topological polar surface area (TPSA) is 67.9 Å². The van der Waals surface area contributed by atoms with Crippen LogP contribution in [0, 0.1) is 0 Å². The summed E-state index contributed by atoms with van der Waals surface area (Å²) in [5.74, 6) is -0.503. The van der Waals surface area contributed by atoms with E-state index in [0.717, 1.165) is 60.7 Å². The Morgan fingerprint density at radius 2 is 1.65 bits per heavy atom. The van der Waals surface area contributed by atoms with Crippen LogP contribution in [0.4, 0.5) is 5.69 Å². The number of piperidine rings is 1. The van der Waals surface area contributed by atoms with Gasteiger partial charge in [0.25, 0.3) is 0 Å². The summed E-state index contributed by atoms with van der Waals surface area (Å²) in [5.41, 5.74) is 3.83. The predicted octanol–water partition coefficient (Wildman–Crippen LogP) is 4.67. The average Bonchev–Trinajstić information content (AvgIpc) is 2.81. The monoisotopic (exact) mass is 486 g/mol. The molecule has 0 radical (unpaired) electrons. The van der Waals surface area contributed by atoms with Crippen molar-refractivity contribution in [1.82, 2.24) is 4.90 Å². The third-order valence-corrected chi connectivity index (χ3v) is 6.44. The quantitative estimate of drug-likeness (QED) is 0.465. The molecule has 1 aliphatic heterocycles. The van der Waals surface area contributed by atoms with Crippen LogP contribution in [0.2, 0.25) is 5.02 Å². The van der Waals surface area contributed by atoms with Crippen LogP contribution >= 0.6 is 11.6 Å². The minimum atomic E-state index is -0.252. The minimum absolute atomic E-state index is 0.201. The highest BCUT2D eigenvalue weighted by atomic mass is 35.5. The van der Waals surface area contributed by atoms with Gasteiger partial charge in [0.2, 0.25) is 0 Å². The van der Waals surface area contributed by atoms with Gasteiger partial charge in [-0.05, 0) is 61.9 Å². The van der Waals surface area contributed by atoms with Crippen LogP contribution < -0.4 is 5.32 Å². The molecule has 0 bridgehead atoms.